The van der Waals surface area contributed by atoms with Gasteiger partial charge in [-0.05, 0) is 24.3 Å². The Morgan fingerprint density at radius 3 is 2.12 bits per heavy atom. The fourth-order valence-corrected chi connectivity index (χ4v) is 2.74. The number of nitrogens with zero attached hydrogens (tertiary/aromatic N) is 2. The van der Waals surface area contributed by atoms with Gasteiger partial charge < -0.3 is 0 Å². The number of nitrogens with one attached hydrogen (secondary N) is 2. The minimum Gasteiger partial charge on any atom is -0.278 e. The molecule has 7 heteroatoms. The molecule has 132 valence electrons. The van der Waals surface area contributed by atoms with Crippen molar-refractivity contribution in [2.24, 2.45) is 15.6 Å². The number of hydrogen-bond donors (Lipinski definition) is 2. The molecule has 0 atom stereocenters. The molecule has 2 aromatic rings. The molecule has 0 unspecified atom stereocenters. The van der Waals surface area contributed by atoms with Gasteiger partial charge in [0.15, 0.2) is 0 Å². The van der Waals surface area contributed by atoms with Gasteiger partial charge in [-0.2, -0.15) is 10.2 Å². The summed E-state index contributed by atoms with van der Waals surface area (Å²) in [5.74, 6) is 0. The van der Waals surface area contributed by atoms with Crippen LogP contribution in [0.25, 0.3) is 0 Å². The zero-order chi connectivity index (χ0) is 18.4. The smallest absolute Gasteiger partial charge is 0.0935 e. The molecule has 0 amide bonds. The largest absolute Gasteiger partial charge is 0.278 e. The van der Waals surface area contributed by atoms with E-state index in [2.05, 4.69) is 21.1 Å². The monoisotopic (exact) mass is 396 g/mol. The van der Waals surface area contributed by atoms with Gasteiger partial charge in [-0.25, -0.2) is 0 Å². The van der Waals surface area contributed by atoms with E-state index in [1.807, 2.05) is 51.1 Å². The van der Waals surface area contributed by atoms with Crippen LogP contribution >= 0.6 is 34.8 Å². The van der Waals surface area contributed by atoms with Crippen LogP contribution in [-0.2, 0) is 0 Å². The predicted octanol–water partition coefficient (Wildman–Crippen LogP) is 6.56. The third-order valence-electron chi connectivity index (χ3n) is 3.22. The molecule has 0 bridgehead atoms. The van der Waals surface area contributed by atoms with Crippen LogP contribution < -0.4 is 10.9 Å². The van der Waals surface area contributed by atoms with E-state index in [4.69, 9.17) is 34.8 Å². The summed E-state index contributed by atoms with van der Waals surface area (Å²) in [6.07, 6.45) is 1.66. The fourth-order valence-electron chi connectivity index (χ4n) is 1.84. The first-order valence-corrected chi connectivity index (χ1v) is 8.73. The Bertz CT molecular complexity index is 758. The van der Waals surface area contributed by atoms with Gasteiger partial charge in [0.1, 0.15) is 0 Å². The van der Waals surface area contributed by atoms with Gasteiger partial charge in [-0.1, -0.05) is 73.8 Å². The van der Waals surface area contributed by atoms with Gasteiger partial charge in [-0.3, -0.25) is 10.9 Å². The molecule has 0 heterocycles. The van der Waals surface area contributed by atoms with Crippen molar-refractivity contribution < 1.29 is 0 Å². The topological polar surface area (TPSA) is 48.8 Å². The Labute approximate surface area is 162 Å². The molecule has 0 spiro atoms. The highest BCUT2D eigenvalue weighted by atomic mass is 35.5. The van der Waals surface area contributed by atoms with Crippen molar-refractivity contribution >= 4 is 58.1 Å². The summed E-state index contributed by atoms with van der Waals surface area (Å²) >= 11 is 18.3. The quantitative estimate of drug-likeness (QED) is 0.443. The minimum absolute atomic E-state index is 0.236. The fraction of sp³-hybridized carbons (Fsp3) is 0.222. The van der Waals surface area contributed by atoms with Crippen molar-refractivity contribution in [3.8, 4) is 0 Å². The Hall–Kier alpha value is -1.75. The van der Waals surface area contributed by atoms with Crippen LogP contribution in [0.1, 0.15) is 20.8 Å². The molecular weight excluding hydrogens is 379 g/mol. The highest BCUT2D eigenvalue weighted by Crippen LogP contribution is 2.33. The maximum absolute atomic E-state index is 6.17. The molecule has 0 aliphatic carbocycles. The minimum atomic E-state index is -0.236. The first-order chi connectivity index (χ1) is 11.8. The van der Waals surface area contributed by atoms with E-state index in [9.17, 15) is 0 Å². The van der Waals surface area contributed by atoms with Gasteiger partial charge in [0.25, 0.3) is 0 Å². The highest BCUT2D eigenvalue weighted by molar-refractivity contribution is 6.41. The molecular formula is C18H19Cl3N4. The van der Waals surface area contributed by atoms with E-state index in [1.54, 1.807) is 18.3 Å². The highest BCUT2D eigenvalue weighted by Gasteiger charge is 2.18. The Balaban J connectivity index is 2.19. The standard InChI is InChI=1S/C18H19Cl3N4/c1-18(2,3)16(11-22-23-13-7-5-4-6-8-13)24-25-17-14(20)9-12(19)10-15(17)21/h4-11,23,25H,1-3H3/b22-11+,24-16+. The molecule has 0 saturated heterocycles. The Morgan fingerprint density at radius 1 is 0.960 bits per heavy atom. The Kier molecular flexibility index (Phi) is 6.71. The second kappa shape index (κ2) is 8.56. The molecule has 2 rings (SSSR count). The van der Waals surface area contributed by atoms with Crippen molar-refractivity contribution in [3.63, 3.8) is 0 Å². The first-order valence-electron chi connectivity index (χ1n) is 7.60. The van der Waals surface area contributed by atoms with Crippen molar-refractivity contribution in [2.45, 2.75) is 20.8 Å². The van der Waals surface area contributed by atoms with E-state index < -0.39 is 0 Å². The van der Waals surface area contributed by atoms with Crippen LogP contribution in [0.15, 0.2) is 52.7 Å². The number of anilines is 2. The Morgan fingerprint density at radius 2 is 1.56 bits per heavy atom. The molecule has 0 fully saturated rings. The average molecular weight is 398 g/mol. The van der Waals surface area contributed by atoms with Crippen LogP contribution in [0.3, 0.4) is 0 Å². The molecule has 25 heavy (non-hydrogen) atoms. The van der Waals surface area contributed by atoms with Crippen molar-refractivity contribution in [3.05, 3.63) is 57.5 Å². The molecule has 0 aliphatic rings. The molecule has 4 nitrogen and oxygen atoms in total. The van der Waals surface area contributed by atoms with Gasteiger partial charge in [0.05, 0.1) is 33.3 Å². The summed E-state index contributed by atoms with van der Waals surface area (Å²) in [4.78, 5) is 0. The molecule has 2 aromatic carbocycles. The summed E-state index contributed by atoms with van der Waals surface area (Å²) in [5, 5.41) is 9.92. The van der Waals surface area contributed by atoms with E-state index >= 15 is 0 Å². The number of hydrazone groups is 2. The second-order valence-electron chi connectivity index (χ2n) is 6.34. The molecule has 0 saturated carbocycles. The molecule has 0 aliphatic heterocycles. The average Bonchev–Trinajstić information content (AvgIpc) is 2.52. The van der Waals surface area contributed by atoms with Gasteiger partial charge in [-0.15, -0.1) is 0 Å². The second-order valence-corrected chi connectivity index (χ2v) is 7.59. The van der Waals surface area contributed by atoms with Crippen LogP contribution in [0.2, 0.25) is 15.1 Å². The summed E-state index contributed by atoms with van der Waals surface area (Å²) < 4.78 is 0. The lowest BCUT2D eigenvalue weighted by molar-refractivity contribution is 0.597. The van der Waals surface area contributed by atoms with Crippen LogP contribution in [0, 0.1) is 5.41 Å². The zero-order valence-corrected chi connectivity index (χ0v) is 16.4. The zero-order valence-electron chi connectivity index (χ0n) is 14.1. The summed E-state index contributed by atoms with van der Waals surface area (Å²) in [6, 6.07) is 12.9. The van der Waals surface area contributed by atoms with E-state index in [1.165, 1.54) is 0 Å². The summed E-state index contributed by atoms with van der Waals surface area (Å²) in [7, 11) is 0. The number of rotatable bonds is 5. The number of para-hydroxylation sites is 1. The van der Waals surface area contributed by atoms with Crippen molar-refractivity contribution in [1.29, 1.82) is 0 Å². The van der Waals surface area contributed by atoms with Crippen molar-refractivity contribution in [2.75, 3.05) is 10.9 Å². The normalized spacial score (nSPS) is 12.5. The summed E-state index contributed by atoms with van der Waals surface area (Å²) in [6.45, 7) is 6.10. The lowest BCUT2D eigenvalue weighted by atomic mass is 9.91. The maximum Gasteiger partial charge on any atom is 0.0935 e. The van der Waals surface area contributed by atoms with E-state index in [0.717, 1.165) is 11.4 Å². The lowest BCUT2D eigenvalue weighted by Crippen LogP contribution is -2.23. The van der Waals surface area contributed by atoms with Gasteiger partial charge >= 0.3 is 0 Å². The predicted molar refractivity (Wildman–Crippen MR) is 111 cm³/mol. The van der Waals surface area contributed by atoms with Crippen LogP contribution in [0.4, 0.5) is 11.4 Å². The van der Waals surface area contributed by atoms with Crippen LogP contribution in [0.5, 0.6) is 0 Å². The number of halogens is 3. The van der Waals surface area contributed by atoms with Gasteiger partial charge in [0.2, 0.25) is 0 Å². The lowest BCUT2D eigenvalue weighted by Gasteiger charge is -2.18. The maximum atomic E-state index is 6.17. The summed E-state index contributed by atoms with van der Waals surface area (Å²) in [5.41, 5.74) is 7.75. The van der Waals surface area contributed by atoms with Crippen molar-refractivity contribution in [1.82, 2.24) is 0 Å². The SMILES string of the molecule is CC(C)(C)C(/C=N/Nc1ccccc1)=N/Nc1c(Cl)cc(Cl)cc1Cl. The van der Waals surface area contributed by atoms with E-state index in [-0.39, 0.29) is 5.41 Å². The third kappa shape index (κ3) is 5.92. The molecule has 0 radical (unpaired) electrons. The number of hydrogen-bond acceptors (Lipinski definition) is 4. The first kappa shape index (κ1) is 19.6. The van der Waals surface area contributed by atoms with Gasteiger partial charge in [0, 0.05) is 10.4 Å². The molecule has 0 aromatic heterocycles. The van der Waals surface area contributed by atoms with E-state index in [0.29, 0.717) is 20.8 Å². The molecule has 2 N–H and O–H groups in total. The third-order valence-corrected chi connectivity index (χ3v) is 4.03. The number of benzene rings is 2. The van der Waals surface area contributed by atoms with Crippen LogP contribution in [-0.4, -0.2) is 11.9 Å².